The van der Waals surface area contributed by atoms with E-state index in [9.17, 15) is 0 Å². The zero-order chi connectivity index (χ0) is 14.0. The highest BCUT2D eigenvalue weighted by atomic mass is 79.9. The third-order valence-corrected chi connectivity index (χ3v) is 4.98. The normalized spacial score (nSPS) is 24.7. The van der Waals surface area contributed by atoms with E-state index in [0.29, 0.717) is 0 Å². The van der Waals surface area contributed by atoms with Gasteiger partial charge < -0.3 is 10.1 Å². The number of rotatable bonds is 4. The number of ether oxygens (including phenoxy) is 1. The standard InChI is InChI=1S/C16H24BrNO/c1-5-18-15(16(4)7-6-8-19-16)13-9-12(3)14(17)10-11(13)2/h9-10,15,18H,5-8H2,1-4H3. The molecule has 2 rings (SSSR count). The van der Waals surface area contributed by atoms with Crippen LogP contribution in [0.25, 0.3) is 0 Å². The molecule has 1 aliphatic rings. The third kappa shape index (κ3) is 3.04. The van der Waals surface area contributed by atoms with Crippen molar-refractivity contribution in [2.24, 2.45) is 0 Å². The first-order valence-corrected chi connectivity index (χ1v) is 7.91. The second kappa shape index (κ2) is 5.94. The average molecular weight is 326 g/mol. The van der Waals surface area contributed by atoms with Gasteiger partial charge in [0, 0.05) is 11.1 Å². The predicted octanol–water partition coefficient (Wildman–Crippen LogP) is 4.29. The lowest BCUT2D eigenvalue weighted by molar-refractivity contribution is -0.0122. The van der Waals surface area contributed by atoms with Crippen LogP contribution >= 0.6 is 15.9 Å². The fraction of sp³-hybridized carbons (Fsp3) is 0.625. The highest BCUT2D eigenvalue weighted by Gasteiger charge is 2.39. The predicted molar refractivity (Wildman–Crippen MR) is 83.6 cm³/mol. The van der Waals surface area contributed by atoms with E-state index in [4.69, 9.17) is 4.74 Å². The summed E-state index contributed by atoms with van der Waals surface area (Å²) in [4.78, 5) is 0. The molecule has 2 nitrogen and oxygen atoms in total. The Balaban J connectivity index is 2.41. The van der Waals surface area contributed by atoms with Crippen LogP contribution in [0.4, 0.5) is 0 Å². The lowest BCUT2D eigenvalue weighted by Gasteiger charge is -2.35. The zero-order valence-electron chi connectivity index (χ0n) is 12.3. The molecule has 0 aromatic heterocycles. The smallest absolute Gasteiger partial charge is 0.0849 e. The van der Waals surface area contributed by atoms with E-state index in [-0.39, 0.29) is 11.6 Å². The molecule has 1 aromatic rings. The molecular weight excluding hydrogens is 302 g/mol. The summed E-state index contributed by atoms with van der Waals surface area (Å²) < 4.78 is 7.24. The molecule has 0 amide bonds. The Morgan fingerprint density at radius 1 is 1.37 bits per heavy atom. The number of nitrogens with one attached hydrogen (secondary N) is 1. The second-order valence-electron chi connectivity index (χ2n) is 5.71. The van der Waals surface area contributed by atoms with E-state index < -0.39 is 0 Å². The summed E-state index contributed by atoms with van der Waals surface area (Å²) in [5, 5.41) is 3.63. The van der Waals surface area contributed by atoms with Crippen molar-refractivity contribution in [2.45, 2.75) is 52.2 Å². The van der Waals surface area contributed by atoms with Crippen LogP contribution in [-0.4, -0.2) is 18.8 Å². The minimum atomic E-state index is -0.0823. The Morgan fingerprint density at radius 2 is 2.11 bits per heavy atom. The number of hydrogen-bond acceptors (Lipinski definition) is 2. The van der Waals surface area contributed by atoms with Crippen LogP contribution in [0.2, 0.25) is 0 Å². The van der Waals surface area contributed by atoms with Gasteiger partial charge in [0.15, 0.2) is 0 Å². The van der Waals surface area contributed by atoms with Crippen LogP contribution in [0, 0.1) is 13.8 Å². The minimum absolute atomic E-state index is 0.0823. The Bertz CT molecular complexity index is 452. The molecule has 1 N–H and O–H groups in total. The van der Waals surface area contributed by atoms with Crippen LogP contribution in [0.3, 0.4) is 0 Å². The first kappa shape index (κ1) is 15.0. The summed E-state index contributed by atoms with van der Waals surface area (Å²) in [6, 6.07) is 4.78. The molecule has 2 atom stereocenters. The van der Waals surface area contributed by atoms with Gasteiger partial charge in [0.2, 0.25) is 0 Å². The van der Waals surface area contributed by atoms with Crippen LogP contribution in [0.1, 0.15) is 49.4 Å². The molecule has 3 heteroatoms. The first-order chi connectivity index (χ1) is 8.98. The van der Waals surface area contributed by atoms with Gasteiger partial charge in [0.05, 0.1) is 11.6 Å². The molecular formula is C16H24BrNO. The summed E-state index contributed by atoms with van der Waals surface area (Å²) >= 11 is 3.61. The molecule has 1 aromatic carbocycles. The van der Waals surface area contributed by atoms with E-state index in [0.717, 1.165) is 26.0 Å². The Hall–Kier alpha value is -0.380. The Labute approximate surface area is 125 Å². The monoisotopic (exact) mass is 325 g/mol. The summed E-state index contributed by atoms with van der Waals surface area (Å²) in [5.41, 5.74) is 3.89. The van der Waals surface area contributed by atoms with Gasteiger partial charge in [0.25, 0.3) is 0 Å². The fourth-order valence-corrected chi connectivity index (χ4v) is 3.46. The number of hydrogen-bond donors (Lipinski definition) is 1. The van der Waals surface area contributed by atoms with Gasteiger partial charge in [-0.2, -0.15) is 0 Å². The van der Waals surface area contributed by atoms with Crippen LogP contribution < -0.4 is 5.32 Å². The molecule has 19 heavy (non-hydrogen) atoms. The molecule has 1 heterocycles. The lowest BCUT2D eigenvalue weighted by Crippen LogP contribution is -2.41. The van der Waals surface area contributed by atoms with Crippen LogP contribution in [-0.2, 0) is 4.74 Å². The molecule has 2 unspecified atom stereocenters. The van der Waals surface area contributed by atoms with Gasteiger partial charge in [-0.15, -0.1) is 0 Å². The SMILES string of the molecule is CCNC(c1cc(C)c(Br)cc1C)C1(C)CCCO1. The lowest BCUT2D eigenvalue weighted by atomic mass is 9.85. The number of likely N-dealkylation sites (N-methyl/N-ethyl adjacent to an activating group) is 1. The van der Waals surface area contributed by atoms with Gasteiger partial charge in [0.1, 0.15) is 0 Å². The summed E-state index contributed by atoms with van der Waals surface area (Å²) in [6.07, 6.45) is 2.28. The van der Waals surface area contributed by atoms with Crippen molar-refractivity contribution in [1.29, 1.82) is 0 Å². The molecule has 1 fully saturated rings. The number of benzene rings is 1. The molecule has 106 valence electrons. The van der Waals surface area contributed by atoms with Crippen molar-refractivity contribution < 1.29 is 4.74 Å². The highest BCUT2D eigenvalue weighted by molar-refractivity contribution is 9.10. The summed E-state index contributed by atoms with van der Waals surface area (Å²) in [7, 11) is 0. The van der Waals surface area contributed by atoms with Crippen molar-refractivity contribution in [2.75, 3.05) is 13.2 Å². The van der Waals surface area contributed by atoms with E-state index in [1.165, 1.54) is 21.2 Å². The molecule has 0 bridgehead atoms. The van der Waals surface area contributed by atoms with E-state index in [1.54, 1.807) is 0 Å². The van der Waals surface area contributed by atoms with Gasteiger partial charge in [-0.3, -0.25) is 0 Å². The minimum Gasteiger partial charge on any atom is -0.373 e. The number of aryl methyl sites for hydroxylation is 2. The van der Waals surface area contributed by atoms with E-state index in [1.807, 2.05) is 0 Å². The molecule has 0 radical (unpaired) electrons. The maximum absolute atomic E-state index is 6.06. The Morgan fingerprint density at radius 3 is 2.68 bits per heavy atom. The highest BCUT2D eigenvalue weighted by Crippen LogP contribution is 2.39. The van der Waals surface area contributed by atoms with Gasteiger partial charge >= 0.3 is 0 Å². The van der Waals surface area contributed by atoms with Crippen molar-refractivity contribution in [3.05, 3.63) is 33.3 Å². The molecule has 1 aliphatic heterocycles. The van der Waals surface area contributed by atoms with Crippen molar-refractivity contribution in [1.82, 2.24) is 5.32 Å². The van der Waals surface area contributed by atoms with Crippen LogP contribution in [0.5, 0.6) is 0 Å². The Kier molecular flexibility index (Phi) is 4.70. The molecule has 0 aliphatic carbocycles. The fourth-order valence-electron chi connectivity index (χ4n) is 3.00. The zero-order valence-corrected chi connectivity index (χ0v) is 13.9. The van der Waals surface area contributed by atoms with E-state index in [2.05, 4.69) is 61.1 Å². The number of halogens is 1. The maximum atomic E-state index is 6.06. The molecule has 0 spiro atoms. The topological polar surface area (TPSA) is 21.3 Å². The van der Waals surface area contributed by atoms with Gasteiger partial charge in [-0.25, -0.2) is 0 Å². The first-order valence-electron chi connectivity index (χ1n) is 7.12. The molecule has 0 saturated carbocycles. The quantitative estimate of drug-likeness (QED) is 0.891. The van der Waals surface area contributed by atoms with Gasteiger partial charge in [-0.1, -0.05) is 28.9 Å². The van der Waals surface area contributed by atoms with Crippen molar-refractivity contribution in [3.8, 4) is 0 Å². The van der Waals surface area contributed by atoms with Crippen molar-refractivity contribution >= 4 is 15.9 Å². The third-order valence-electron chi connectivity index (χ3n) is 4.13. The second-order valence-corrected chi connectivity index (χ2v) is 6.57. The van der Waals surface area contributed by atoms with Crippen molar-refractivity contribution in [3.63, 3.8) is 0 Å². The average Bonchev–Trinajstić information content (AvgIpc) is 2.79. The summed E-state index contributed by atoms with van der Waals surface area (Å²) in [5.74, 6) is 0. The van der Waals surface area contributed by atoms with Crippen LogP contribution in [0.15, 0.2) is 16.6 Å². The molecule has 1 saturated heterocycles. The summed E-state index contributed by atoms with van der Waals surface area (Å²) in [6.45, 7) is 10.6. The largest absolute Gasteiger partial charge is 0.373 e. The van der Waals surface area contributed by atoms with Gasteiger partial charge in [-0.05, 0) is 62.9 Å². The maximum Gasteiger partial charge on any atom is 0.0849 e. The van der Waals surface area contributed by atoms with E-state index >= 15 is 0 Å².